The van der Waals surface area contributed by atoms with E-state index in [1.807, 2.05) is 72.8 Å². The molecule has 10 nitrogen and oxygen atoms in total. The van der Waals surface area contributed by atoms with Gasteiger partial charge in [-0.1, -0.05) is 55.1 Å². The van der Waals surface area contributed by atoms with E-state index < -0.39 is 0 Å². The number of nitrogens with one attached hydrogen (secondary N) is 2. The zero-order valence-corrected chi connectivity index (χ0v) is 24.5. The van der Waals surface area contributed by atoms with Crippen LogP contribution in [0.1, 0.15) is 0 Å². The molecule has 10 heteroatoms. The zero-order valence-electron chi connectivity index (χ0n) is 24.5. The summed E-state index contributed by atoms with van der Waals surface area (Å²) >= 11 is 0. The third-order valence-corrected chi connectivity index (χ3v) is 6.71. The third-order valence-electron chi connectivity index (χ3n) is 6.71. The number of rotatable bonds is 0. The van der Waals surface area contributed by atoms with E-state index in [9.17, 15) is 9.59 Å². The second kappa shape index (κ2) is 15.6. The lowest BCUT2D eigenvalue weighted by Gasteiger charge is -2.17. The van der Waals surface area contributed by atoms with E-state index in [4.69, 9.17) is 28.4 Å². The van der Waals surface area contributed by atoms with E-state index in [-0.39, 0.29) is 38.2 Å². The van der Waals surface area contributed by atoms with Crippen molar-refractivity contribution >= 4 is 33.4 Å². The first-order valence-electron chi connectivity index (χ1n) is 14.5. The molecule has 0 bridgehead atoms. The monoisotopic (exact) mass is 600 g/mol. The fourth-order valence-electron chi connectivity index (χ4n) is 4.49. The Morgan fingerprint density at radius 3 is 1.20 bits per heavy atom. The van der Waals surface area contributed by atoms with Crippen LogP contribution < -0.4 is 29.6 Å². The molecular formula is C34H36N2O8. The number of hydrogen-bond donors (Lipinski definition) is 2. The molecule has 2 N–H and O–H groups in total. The number of fused-ring (bicyclic) bond motifs is 4. The molecule has 1 aliphatic heterocycles. The number of carbonyl (C=O) groups is 2. The Balaban J connectivity index is 1.32. The van der Waals surface area contributed by atoms with E-state index in [0.29, 0.717) is 68.1 Å². The Morgan fingerprint density at radius 2 is 0.841 bits per heavy atom. The van der Waals surface area contributed by atoms with E-state index >= 15 is 0 Å². The first-order valence-corrected chi connectivity index (χ1v) is 14.5. The second-order valence-electron chi connectivity index (χ2n) is 10.1. The van der Waals surface area contributed by atoms with Crippen molar-refractivity contribution in [2.24, 2.45) is 0 Å². The topological polar surface area (TPSA) is 114 Å². The van der Waals surface area contributed by atoms with Crippen LogP contribution in [0.3, 0.4) is 0 Å². The Kier molecular flexibility index (Phi) is 10.9. The van der Waals surface area contributed by atoms with Crippen LogP contribution >= 0.6 is 0 Å². The first-order chi connectivity index (χ1) is 21.5. The molecule has 44 heavy (non-hydrogen) atoms. The van der Waals surface area contributed by atoms with Gasteiger partial charge in [0, 0.05) is 13.1 Å². The Hall–Kier alpha value is -4.80. The van der Waals surface area contributed by atoms with Gasteiger partial charge in [-0.05, 0) is 51.4 Å². The van der Waals surface area contributed by atoms with Crippen LogP contribution in [0.15, 0.2) is 84.9 Å². The summed E-state index contributed by atoms with van der Waals surface area (Å²) in [5.41, 5.74) is 0.657. The molecule has 0 aromatic heterocycles. The molecule has 4 aromatic carbocycles. The van der Waals surface area contributed by atoms with Gasteiger partial charge in [0.1, 0.15) is 13.2 Å². The molecule has 1 aliphatic rings. The zero-order chi connectivity index (χ0) is 30.6. The molecule has 4 aromatic rings. The average Bonchev–Trinajstić information content (AvgIpc) is 3.04. The molecule has 0 spiro atoms. The minimum absolute atomic E-state index is 0.145. The number of ether oxygens (including phenoxy) is 6. The van der Waals surface area contributed by atoms with Crippen molar-refractivity contribution in [2.45, 2.75) is 0 Å². The third kappa shape index (κ3) is 8.85. The highest BCUT2D eigenvalue weighted by molar-refractivity contribution is 5.87. The van der Waals surface area contributed by atoms with Gasteiger partial charge in [0.2, 0.25) is 0 Å². The summed E-state index contributed by atoms with van der Waals surface area (Å²) < 4.78 is 35.0. The second-order valence-corrected chi connectivity index (χ2v) is 10.1. The van der Waals surface area contributed by atoms with Gasteiger partial charge in [-0.15, -0.1) is 0 Å². The van der Waals surface area contributed by atoms with Gasteiger partial charge in [0.05, 0.1) is 26.4 Å². The highest BCUT2D eigenvalue weighted by Gasteiger charge is 2.14. The molecule has 0 saturated carbocycles. The van der Waals surface area contributed by atoms with Crippen LogP contribution in [0.5, 0.6) is 23.0 Å². The quantitative estimate of drug-likeness (QED) is 0.291. The van der Waals surface area contributed by atoms with E-state index in [1.54, 1.807) is 0 Å². The lowest BCUT2D eigenvalue weighted by Crippen LogP contribution is -2.32. The van der Waals surface area contributed by atoms with E-state index in [0.717, 1.165) is 21.5 Å². The molecule has 2 amide bonds. The smallest absolute Gasteiger partial charge is 0.258 e. The molecule has 1 heterocycles. The number of hydrogen-bond acceptors (Lipinski definition) is 8. The molecule has 0 atom stereocenters. The predicted molar refractivity (Wildman–Crippen MR) is 167 cm³/mol. The number of amides is 2. The Morgan fingerprint density at radius 1 is 0.500 bits per heavy atom. The molecular weight excluding hydrogens is 564 g/mol. The van der Waals surface area contributed by atoms with E-state index in [2.05, 4.69) is 17.2 Å². The minimum Gasteiger partial charge on any atom is -0.485 e. The first kappa shape index (κ1) is 30.7. The molecule has 0 saturated heterocycles. The van der Waals surface area contributed by atoms with Crippen molar-refractivity contribution in [2.75, 3.05) is 65.9 Å². The van der Waals surface area contributed by atoms with Crippen LogP contribution in [0.2, 0.25) is 0 Å². The van der Waals surface area contributed by atoms with Crippen molar-refractivity contribution in [3.05, 3.63) is 84.9 Å². The van der Waals surface area contributed by atoms with E-state index in [1.165, 1.54) is 0 Å². The lowest BCUT2D eigenvalue weighted by molar-refractivity contribution is -0.124. The van der Waals surface area contributed by atoms with Crippen LogP contribution in [0.25, 0.3) is 21.5 Å². The molecule has 0 aliphatic carbocycles. The molecule has 0 fully saturated rings. The summed E-state index contributed by atoms with van der Waals surface area (Å²) in [6.45, 7) is 6.08. The highest BCUT2D eigenvalue weighted by atomic mass is 16.5. The molecule has 0 radical (unpaired) electrons. The maximum atomic E-state index is 12.4. The standard InChI is InChI=1S/C34H36N2O8/c1-24-20-41-29-16-25-6-2-4-8-27(25)18-31(29)43-22-33(37)35-10-12-39-14-15-40-13-11-36-34(38)23-44-32-19-28-9-5-3-7-26(28)17-30(32)42-21-24/h2-9,16-19H,1,10-15,20-23H2,(H,35,37)(H,36,38). The predicted octanol–water partition coefficient (Wildman–Crippen LogP) is 4.04. The fourth-order valence-corrected chi connectivity index (χ4v) is 4.49. The molecule has 0 unspecified atom stereocenters. The summed E-state index contributed by atoms with van der Waals surface area (Å²) in [6.07, 6.45) is 0. The summed E-state index contributed by atoms with van der Waals surface area (Å²) in [5, 5.41) is 9.39. The van der Waals surface area contributed by atoms with Crippen molar-refractivity contribution in [1.29, 1.82) is 0 Å². The normalized spacial score (nSPS) is 16.8. The number of carbonyl (C=O) groups excluding carboxylic acids is 2. The van der Waals surface area contributed by atoms with Crippen molar-refractivity contribution in [1.82, 2.24) is 10.6 Å². The van der Waals surface area contributed by atoms with Gasteiger partial charge in [0.15, 0.2) is 36.2 Å². The van der Waals surface area contributed by atoms with Crippen LogP contribution in [-0.2, 0) is 19.1 Å². The van der Waals surface area contributed by atoms with Crippen LogP contribution in [0.4, 0.5) is 0 Å². The summed E-state index contributed by atoms with van der Waals surface area (Å²) in [5.74, 6) is 1.28. The highest BCUT2D eigenvalue weighted by Crippen LogP contribution is 2.34. The SMILES string of the molecule is C=C1COc2cc3ccccc3cc2OCC(=O)NCCOCCOCCNC(=O)COc2cc3ccccc3cc2OC1. The fraction of sp³-hybridized carbons (Fsp3) is 0.294. The van der Waals surface area contributed by atoms with Gasteiger partial charge < -0.3 is 39.1 Å². The van der Waals surface area contributed by atoms with Crippen LogP contribution in [-0.4, -0.2) is 77.8 Å². The summed E-state index contributed by atoms with van der Waals surface area (Å²) in [6, 6.07) is 23.1. The minimum atomic E-state index is -0.281. The Bertz CT molecular complexity index is 1490. The number of benzene rings is 4. The average molecular weight is 601 g/mol. The maximum Gasteiger partial charge on any atom is 0.258 e. The summed E-state index contributed by atoms with van der Waals surface area (Å²) in [4.78, 5) is 24.8. The van der Waals surface area contributed by atoms with Crippen LogP contribution in [0, 0.1) is 0 Å². The van der Waals surface area contributed by atoms with Gasteiger partial charge in [-0.25, -0.2) is 0 Å². The Labute approximate surface area is 255 Å². The van der Waals surface area contributed by atoms with Gasteiger partial charge in [-0.2, -0.15) is 0 Å². The molecule has 230 valence electrons. The van der Waals surface area contributed by atoms with Gasteiger partial charge in [0.25, 0.3) is 11.8 Å². The lowest BCUT2D eigenvalue weighted by atomic mass is 10.1. The van der Waals surface area contributed by atoms with Gasteiger partial charge >= 0.3 is 0 Å². The van der Waals surface area contributed by atoms with Gasteiger partial charge in [-0.3, -0.25) is 9.59 Å². The van der Waals surface area contributed by atoms with Crippen molar-refractivity contribution < 1.29 is 38.0 Å². The van der Waals surface area contributed by atoms with Crippen molar-refractivity contribution in [3.63, 3.8) is 0 Å². The van der Waals surface area contributed by atoms with Crippen molar-refractivity contribution in [3.8, 4) is 23.0 Å². The largest absolute Gasteiger partial charge is 0.485 e. The maximum absolute atomic E-state index is 12.4. The molecule has 5 rings (SSSR count). The summed E-state index contributed by atoms with van der Waals surface area (Å²) in [7, 11) is 0.